The summed E-state index contributed by atoms with van der Waals surface area (Å²) in [4.78, 5) is 35.7. The maximum absolute atomic E-state index is 12.6. The first-order valence-corrected chi connectivity index (χ1v) is 10.0. The molecule has 1 amide bonds. The van der Waals surface area contributed by atoms with E-state index in [0.717, 1.165) is 43.3 Å². The SMILES string of the molecule is Cc1cc(C)nc(N2CCC(C(=O)Nc3ccc(C(=O)OC(C)C)cc3)CC2)n1. The highest BCUT2D eigenvalue weighted by Crippen LogP contribution is 2.23. The Morgan fingerprint density at radius 1 is 1.07 bits per heavy atom. The summed E-state index contributed by atoms with van der Waals surface area (Å²) in [6, 6.07) is 8.75. The topological polar surface area (TPSA) is 84.4 Å². The third-order valence-electron chi connectivity index (χ3n) is 4.85. The molecule has 0 unspecified atom stereocenters. The van der Waals surface area contributed by atoms with Gasteiger partial charge in [0.2, 0.25) is 11.9 Å². The van der Waals surface area contributed by atoms with E-state index in [2.05, 4.69) is 20.2 Å². The average molecular weight is 396 g/mol. The fraction of sp³-hybridized carbons (Fsp3) is 0.455. The van der Waals surface area contributed by atoms with Gasteiger partial charge in [-0.1, -0.05) is 0 Å². The van der Waals surface area contributed by atoms with Gasteiger partial charge in [-0.15, -0.1) is 0 Å². The number of carbonyl (C=O) groups is 2. The zero-order valence-corrected chi connectivity index (χ0v) is 17.4. The van der Waals surface area contributed by atoms with Crippen LogP contribution in [-0.2, 0) is 9.53 Å². The minimum absolute atomic E-state index is 0.00324. The Morgan fingerprint density at radius 2 is 1.66 bits per heavy atom. The quantitative estimate of drug-likeness (QED) is 0.779. The van der Waals surface area contributed by atoms with Gasteiger partial charge in [-0.3, -0.25) is 4.79 Å². The number of benzene rings is 1. The number of nitrogens with zero attached hydrogens (tertiary/aromatic N) is 3. The Balaban J connectivity index is 1.54. The molecular weight excluding hydrogens is 368 g/mol. The minimum atomic E-state index is -0.362. The van der Waals surface area contributed by atoms with E-state index in [1.54, 1.807) is 24.3 Å². The second kappa shape index (κ2) is 9.03. The third-order valence-corrected chi connectivity index (χ3v) is 4.85. The van der Waals surface area contributed by atoms with Crippen molar-refractivity contribution in [3.8, 4) is 0 Å². The first-order chi connectivity index (χ1) is 13.8. The summed E-state index contributed by atoms with van der Waals surface area (Å²) in [5.41, 5.74) is 3.05. The van der Waals surface area contributed by atoms with Gasteiger partial charge in [0.15, 0.2) is 0 Å². The van der Waals surface area contributed by atoms with Crippen molar-refractivity contribution in [3.63, 3.8) is 0 Å². The van der Waals surface area contributed by atoms with Gasteiger partial charge < -0.3 is 15.0 Å². The lowest BCUT2D eigenvalue weighted by atomic mass is 9.96. The van der Waals surface area contributed by atoms with Gasteiger partial charge in [-0.25, -0.2) is 14.8 Å². The molecule has 0 atom stereocenters. The van der Waals surface area contributed by atoms with Crippen LogP contribution in [0, 0.1) is 19.8 Å². The van der Waals surface area contributed by atoms with Gasteiger partial charge in [0.05, 0.1) is 11.7 Å². The molecule has 29 heavy (non-hydrogen) atoms. The summed E-state index contributed by atoms with van der Waals surface area (Å²) in [6.45, 7) is 9.05. The van der Waals surface area contributed by atoms with E-state index in [9.17, 15) is 9.59 Å². The number of piperidine rings is 1. The molecule has 1 N–H and O–H groups in total. The van der Waals surface area contributed by atoms with Crippen molar-refractivity contribution in [2.45, 2.75) is 46.6 Å². The Labute approximate surface area is 171 Å². The van der Waals surface area contributed by atoms with Crippen LogP contribution in [0.15, 0.2) is 30.3 Å². The monoisotopic (exact) mass is 396 g/mol. The van der Waals surface area contributed by atoms with E-state index in [-0.39, 0.29) is 23.9 Å². The number of aryl methyl sites for hydroxylation is 2. The van der Waals surface area contributed by atoms with Gasteiger partial charge in [0.1, 0.15) is 0 Å². The summed E-state index contributed by atoms with van der Waals surface area (Å²) in [7, 11) is 0. The fourth-order valence-electron chi connectivity index (χ4n) is 3.41. The predicted octanol–water partition coefficient (Wildman–Crippen LogP) is 3.51. The molecule has 0 saturated carbocycles. The summed E-state index contributed by atoms with van der Waals surface area (Å²) in [6.07, 6.45) is 1.34. The molecule has 3 rings (SSSR count). The van der Waals surface area contributed by atoms with E-state index in [0.29, 0.717) is 11.3 Å². The van der Waals surface area contributed by atoms with Crippen LogP contribution < -0.4 is 10.2 Å². The predicted molar refractivity (Wildman–Crippen MR) is 112 cm³/mol. The standard InChI is InChI=1S/C22H28N4O3/c1-14(2)29-21(28)18-5-7-19(8-6-18)25-20(27)17-9-11-26(12-10-17)22-23-15(3)13-16(4)24-22/h5-8,13-14,17H,9-12H2,1-4H3,(H,25,27). The molecule has 1 aliphatic rings. The van der Waals surface area contributed by atoms with Crippen LogP contribution in [0.5, 0.6) is 0 Å². The number of ether oxygens (including phenoxy) is 1. The molecule has 1 aliphatic heterocycles. The van der Waals surface area contributed by atoms with Gasteiger partial charge in [-0.05, 0) is 70.9 Å². The number of hydrogen-bond donors (Lipinski definition) is 1. The van der Waals surface area contributed by atoms with Crippen LogP contribution in [0.1, 0.15) is 48.4 Å². The van der Waals surface area contributed by atoms with Gasteiger partial charge in [0, 0.05) is 36.1 Å². The lowest BCUT2D eigenvalue weighted by Crippen LogP contribution is -2.39. The van der Waals surface area contributed by atoms with E-state index >= 15 is 0 Å². The maximum Gasteiger partial charge on any atom is 0.338 e. The molecule has 2 aromatic rings. The molecule has 0 spiro atoms. The summed E-state index contributed by atoms with van der Waals surface area (Å²) < 4.78 is 5.17. The number of carbonyl (C=O) groups excluding carboxylic acids is 2. The fourth-order valence-corrected chi connectivity index (χ4v) is 3.41. The zero-order valence-electron chi connectivity index (χ0n) is 17.4. The van der Waals surface area contributed by atoms with Crippen molar-refractivity contribution < 1.29 is 14.3 Å². The molecule has 2 heterocycles. The highest BCUT2D eigenvalue weighted by Gasteiger charge is 2.26. The zero-order chi connectivity index (χ0) is 21.0. The van der Waals surface area contributed by atoms with Gasteiger partial charge in [0.25, 0.3) is 0 Å². The molecule has 0 aliphatic carbocycles. The first kappa shape index (κ1) is 20.8. The number of amides is 1. The lowest BCUT2D eigenvalue weighted by molar-refractivity contribution is -0.120. The van der Waals surface area contributed by atoms with Crippen molar-refractivity contribution >= 4 is 23.5 Å². The van der Waals surface area contributed by atoms with E-state index in [4.69, 9.17) is 4.74 Å². The molecule has 0 radical (unpaired) electrons. The van der Waals surface area contributed by atoms with E-state index in [1.807, 2.05) is 33.8 Å². The van der Waals surface area contributed by atoms with Crippen LogP contribution >= 0.6 is 0 Å². The van der Waals surface area contributed by atoms with Crippen molar-refractivity contribution in [3.05, 3.63) is 47.3 Å². The number of hydrogen-bond acceptors (Lipinski definition) is 6. The van der Waals surface area contributed by atoms with Crippen molar-refractivity contribution in [1.29, 1.82) is 0 Å². The highest BCUT2D eigenvalue weighted by atomic mass is 16.5. The largest absolute Gasteiger partial charge is 0.459 e. The van der Waals surface area contributed by atoms with Crippen LogP contribution in [-0.4, -0.2) is 41.0 Å². The number of nitrogens with one attached hydrogen (secondary N) is 1. The van der Waals surface area contributed by atoms with Gasteiger partial charge in [-0.2, -0.15) is 0 Å². The number of esters is 1. The van der Waals surface area contributed by atoms with Crippen molar-refractivity contribution in [2.75, 3.05) is 23.3 Å². The van der Waals surface area contributed by atoms with Crippen LogP contribution in [0.2, 0.25) is 0 Å². The van der Waals surface area contributed by atoms with E-state index < -0.39 is 0 Å². The van der Waals surface area contributed by atoms with Crippen molar-refractivity contribution in [1.82, 2.24) is 9.97 Å². The number of aromatic nitrogens is 2. The second-order valence-corrected chi connectivity index (χ2v) is 7.73. The van der Waals surface area contributed by atoms with Crippen LogP contribution in [0.3, 0.4) is 0 Å². The number of anilines is 2. The maximum atomic E-state index is 12.6. The summed E-state index contributed by atoms with van der Waals surface area (Å²) >= 11 is 0. The normalized spacial score (nSPS) is 14.7. The Hall–Kier alpha value is -2.96. The summed E-state index contributed by atoms with van der Waals surface area (Å²) in [5.74, 6) is 0.329. The molecule has 1 fully saturated rings. The Bertz CT molecular complexity index is 852. The summed E-state index contributed by atoms with van der Waals surface area (Å²) in [5, 5.41) is 2.95. The molecule has 7 heteroatoms. The second-order valence-electron chi connectivity index (χ2n) is 7.73. The Kier molecular flexibility index (Phi) is 6.46. The van der Waals surface area contributed by atoms with Crippen LogP contribution in [0.4, 0.5) is 11.6 Å². The lowest BCUT2D eigenvalue weighted by Gasteiger charge is -2.31. The third kappa shape index (κ3) is 5.53. The first-order valence-electron chi connectivity index (χ1n) is 10.0. The molecular formula is C22H28N4O3. The van der Waals surface area contributed by atoms with E-state index in [1.165, 1.54) is 0 Å². The van der Waals surface area contributed by atoms with Gasteiger partial charge >= 0.3 is 5.97 Å². The highest BCUT2D eigenvalue weighted by molar-refractivity contribution is 5.94. The smallest absolute Gasteiger partial charge is 0.338 e. The minimum Gasteiger partial charge on any atom is -0.459 e. The molecule has 0 bridgehead atoms. The molecule has 1 aromatic carbocycles. The Morgan fingerprint density at radius 3 is 2.21 bits per heavy atom. The van der Waals surface area contributed by atoms with Crippen LogP contribution in [0.25, 0.3) is 0 Å². The molecule has 1 saturated heterocycles. The van der Waals surface area contributed by atoms with Crippen molar-refractivity contribution in [2.24, 2.45) is 5.92 Å². The average Bonchev–Trinajstić information content (AvgIpc) is 2.67. The molecule has 1 aromatic heterocycles. The molecule has 154 valence electrons. The molecule has 7 nitrogen and oxygen atoms in total. The number of rotatable bonds is 5.